The number of hydrogen-bond acceptors (Lipinski definition) is 4. The van der Waals surface area contributed by atoms with Crippen LogP contribution in [0, 0.1) is 0 Å². The van der Waals surface area contributed by atoms with Crippen LogP contribution in [0.3, 0.4) is 0 Å². The van der Waals surface area contributed by atoms with E-state index in [2.05, 4.69) is 25.0 Å². The van der Waals surface area contributed by atoms with Gasteiger partial charge in [-0.05, 0) is 20.8 Å². The number of nitrogens with one attached hydrogen (secondary N) is 1. The lowest BCUT2D eigenvalue weighted by Gasteiger charge is -2.32. The van der Waals surface area contributed by atoms with Crippen molar-refractivity contribution < 1.29 is 19.0 Å². The topological polar surface area (TPSA) is 56.8 Å². The van der Waals surface area contributed by atoms with Gasteiger partial charge < -0.3 is 19.5 Å². The third-order valence-corrected chi connectivity index (χ3v) is 5.33. The molecule has 0 saturated carbocycles. The van der Waals surface area contributed by atoms with Gasteiger partial charge in [0.15, 0.2) is 6.29 Å². The molecule has 1 rings (SSSR count). The molecule has 1 N–H and O–H groups in total. The van der Waals surface area contributed by atoms with E-state index in [-0.39, 0.29) is 18.0 Å². The lowest BCUT2D eigenvalue weighted by Crippen LogP contribution is -2.53. The first kappa shape index (κ1) is 16.5. The molecule has 0 spiro atoms. The third-order valence-electron chi connectivity index (χ3n) is 2.86. The van der Waals surface area contributed by atoms with Gasteiger partial charge in [-0.15, -0.1) is 0 Å². The normalized spacial score (nSPS) is 19.3. The van der Waals surface area contributed by atoms with Gasteiger partial charge in [-0.3, -0.25) is 0 Å². The van der Waals surface area contributed by atoms with Gasteiger partial charge in [-0.25, -0.2) is 4.79 Å². The number of amides is 1. The van der Waals surface area contributed by atoms with E-state index in [0.717, 1.165) is 0 Å². The summed E-state index contributed by atoms with van der Waals surface area (Å²) in [5.41, 5.74) is -0.403. The fourth-order valence-corrected chi connectivity index (χ4v) is 3.26. The van der Waals surface area contributed by atoms with Gasteiger partial charge in [0.25, 0.3) is 0 Å². The predicted molar refractivity (Wildman–Crippen MR) is 76.8 cm³/mol. The van der Waals surface area contributed by atoms with Crippen LogP contribution in [0.15, 0.2) is 0 Å². The van der Waals surface area contributed by atoms with Gasteiger partial charge in [0.05, 0.1) is 21.3 Å². The lowest BCUT2D eigenvalue weighted by atomic mass is 10.2. The molecular weight excluding hydrogens is 262 g/mol. The van der Waals surface area contributed by atoms with Crippen LogP contribution >= 0.6 is 0 Å². The summed E-state index contributed by atoms with van der Waals surface area (Å²) in [7, 11) is -1.56. The molecule has 1 heterocycles. The zero-order valence-electron chi connectivity index (χ0n) is 12.9. The van der Waals surface area contributed by atoms with Crippen molar-refractivity contribution in [3.8, 4) is 0 Å². The van der Waals surface area contributed by atoms with Crippen LogP contribution < -0.4 is 5.32 Å². The molecule has 5 nitrogen and oxygen atoms in total. The summed E-state index contributed by atoms with van der Waals surface area (Å²) in [6.45, 7) is 13.5. The lowest BCUT2D eigenvalue weighted by molar-refractivity contribution is -0.0490. The number of carbonyl (C=O) groups excluding carboxylic acids is 1. The fraction of sp³-hybridized carbons (Fsp3) is 0.923. The molecule has 0 aromatic rings. The highest BCUT2D eigenvalue weighted by Crippen LogP contribution is 2.18. The number of hydrogen-bond donors (Lipinski definition) is 1. The van der Waals surface area contributed by atoms with Crippen LogP contribution in [0.1, 0.15) is 27.2 Å². The van der Waals surface area contributed by atoms with Crippen LogP contribution in [0.5, 0.6) is 0 Å². The molecule has 1 unspecified atom stereocenters. The SMILES string of the molecule is CC(C)(C)OC(=O)NC(CC1OCCO1)[Si](C)(C)C. The summed E-state index contributed by atoms with van der Waals surface area (Å²) >= 11 is 0. The van der Waals surface area contributed by atoms with Crippen molar-refractivity contribution in [2.75, 3.05) is 13.2 Å². The smallest absolute Gasteiger partial charge is 0.407 e. The van der Waals surface area contributed by atoms with Crippen molar-refractivity contribution >= 4 is 14.2 Å². The summed E-state index contributed by atoms with van der Waals surface area (Å²) in [5.74, 6) is 0. The molecule has 0 aromatic heterocycles. The van der Waals surface area contributed by atoms with Crippen LogP contribution in [0.2, 0.25) is 19.6 Å². The maximum Gasteiger partial charge on any atom is 0.407 e. The van der Waals surface area contributed by atoms with Crippen molar-refractivity contribution in [2.45, 2.75) is 64.4 Å². The van der Waals surface area contributed by atoms with Gasteiger partial charge in [0.2, 0.25) is 0 Å². The Kier molecular flexibility index (Phi) is 5.40. The van der Waals surface area contributed by atoms with Crippen LogP contribution in [0.4, 0.5) is 4.79 Å². The molecular formula is C13H27NO4Si. The highest BCUT2D eigenvalue weighted by atomic mass is 28.3. The van der Waals surface area contributed by atoms with E-state index in [4.69, 9.17) is 14.2 Å². The maximum atomic E-state index is 11.9. The van der Waals surface area contributed by atoms with E-state index in [1.54, 1.807) is 0 Å². The zero-order valence-corrected chi connectivity index (χ0v) is 13.9. The molecule has 19 heavy (non-hydrogen) atoms. The Hall–Kier alpha value is -0.593. The Bertz CT molecular complexity index is 303. The molecule has 1 fully saturated rings. The first-order valence-electron chi connectivity index (χ1n) is 6.80. The molecule has 0 aliphatic carbocycles. The van der Waals surface area contributed by atoms with Gasteiger partial charge in [-0.1, -0.05) is 19.6 Å². The second-order valence-corrected chi connectivity index (χ2v) is 12.4. The van der Waals surface area contributed by atoms with Crippen molar-refractivity contribution in [2.24, 2.45) is 0 Å². The number of alkyl carbamates (subject to hydrolysis) is 1. The van der Waals surface area contributed by atoms with Gasteiger partial charge in [0, 0.05) is 12.1 Å². The number of ether oxygens (including phenoxy) is 3. The summed E-state index contributed by atoms with van der Waals surface area (Å²) < 4.78 is 16.3. The Morgan fingerprint density at radius 2 is 1.84 bits per heavy atom. The van der Waals surface area contributed by atoms with E-state index >= 15 is 0 Å². The Morgan fingerprint density at radius 3 is 2.26 bits per heavy atom. The molecule has 1 saturated heterocycles. The van der Waals surface area contributed by atoms with Crippen molar-refractivity contribution in [1.29, 1.82) is 0 Å². The largest absolute Gasteiger partial charge is 0.444 e. The minimum absolute atomic E-state index is 0.0745. The predicted octanol–water partition coefficient (Wildman–Crippen LogP) is 2.52. The molecule has 1 aliphatic heterocycles. The molecule has 0 aromatic carbocycles. The van der Waals surface area contributed by atoms with E-state index in [9.17, 15) is 4.79 Å². The molecule has 1 atom stereocenters. The van der Waals surface area contributed by atoms with E-state index in [1.165, 1.54) is 0 Å². The second kappa shape index (κ2) is 6.24. The molecule has 0 bridgehead atoms. The first-order chi connectivity index (χ1) is 8.58. The number of carbonyl (C=O) groups is 1. The minimum Gasteiger partial charge on any atom is -0.444 e. The quantitative estimate of drug-likeness (QED) is 0.808. The van der Waals surface area contributed by atoms with Crippen molar-refractivity contribution in [3.05, 3.63) is 0 Å². The average molecular weight is 289 g/mol. The van der Waals surface area contributed by atoms with Crippen molar-refractivity contribution in [1.82, 2.24) is 5.32 Å². The standard InChI is InChI=1S/C13H27NO4Si/c1-13(2,3)18-12(15)14-10(19(4,5)6)9-11-16-7-8-17-11/h10-11H,7-9H2,1-6H3,(H,14,15). The van der Waals surface area contributed by atoms with Gasteiger partial charge in [-0.2, -0.15) is 0 Å². The molecule has 1 aliphatic rings. The summed E-state index contributed by atoms with van der Waals surface area (Å²) in [4.78, 5) is 11.9. The summed E-state index contributed by atoms with van der Waals surface area (Å²) in [6.07, 6.45) is 0.124. The fourth-order valence-electron chi connectivity index (χ4n) is 1.81. The Morgan fingerprint density at radius 1 is 1.32 bits per heavy atom. The highest BCUT2D eigenvalue weighted by Gasteiger charge is 2.33. The summed E-state index contributed by atoms with van der Waals surface area (Å²) in [5, 5.41) is 2.98. The van der Waals surface area contributed by atoms with Gasteiger partial charge in [0.1, 0.15) is 5.60 Å². The minimum atomic E-state index is -1.56. The molecule has 0 radical (unpaired) electrons. The van der Waals surface area contributed by atoms with Crippen LogP contribution in [-0.2, 0) is 14.2 Å². The molecule has 112 valence electrons. The average Bonchev–Trinajstić information content (AvgIpc) is 2.64. The molecule has 6 heteroatoms. The van der Waals surface area contributed by atoms with E-state index in [1.807, 2.05) is 20.8 Å². The highest BCUT2D eigenvalue weighted by molar-refractivity contribution is 6.77. The molecule has 1 amide bonds. The van der Waals surface area contributed by atoms with Crippen LogP contribution in [0.25, 0.3) is 0 Å². The van der Waals surface area contributed by atoms with Crippen LogP contribution in [-0.4, -0.2) is 44.9 Å². The van der Waals surface area contributed by atoms with Gasteiger partial charge >= 0.3 is 6.09 Å². The third kappa shape index (κ3) is 6.40. The first-order valence-corrected chi connectivity index (χ1v) is 10.4. The zero-order chi connectivity index (χ0) is 14.7. The maximum absolute atomic E-state index is 11.9. The monoisotopic (exact) mass is 289 g/mol. The summed E-state index contributed by atoms with van der Waals surface area (Å²) in [6, 6.07) is 0. The van der Waals surface area contributed by atoms with E-state index in [0.29, 0.717) is 19.6 Å². The van der Waals surface area contributed by atoms with Crippen molar-refractivity contribution in [3.63, 3.8) is 0 Å². The number of rotatable bonds is 4. The van der Waals surface area contributed by atoms with E-state index < -0.39 is 13.7 Å². The Labute approximate surface area is 117 Å². The second-order valence-electron chi connectivity index (χ2n) is 6.97. The Balaban J connectivity index is 2.57.